The van der Waals surface area contributed by atoms with Crippen molar-refractivity contribution in [1.29, 1.82) is 0 Å². The van der Waals surface area contributed by atoms with E-state index in [2.05, 4.69) is 19.2 Å². The highest BCUT2D eigenvalue weighted by molar-refractivity contribution is 5.75. The molecule has 0 amide bonds. The van der Waals surface area contributed by atoms with E-state index in [1.807, 2.05) is 0 Å². The van der Waals surface area contributed by atoms with E-state index in [-0.39, 0.29) is 5.78 Å². The highest BCUT2D eigenvalue weighted by Crippen LogP contribution is 2.38. The summed E-state index contributed by atoms with van der Waals surface area (Å²) in [5, 5.41) is 3.41. The van der Waals surface area contributed by atoms with Crippen LogP contribution >= 0.6 is 0 Å². The number of Topliss-reactive ketones (excluding diaryl/α,β-unsaturated/α-hetero) is 1. The summed E-state index contributed by atoms with van der Waals surface area (Å²) in [4.78, 5) is 10.8. The summed E-state index contributed by atoms with van der Waals surface area (Å²) in [7, 11) is 0. The quantitative estimate of drug-likeness (QED) is 0.684. The minimum Gasteiger partial charge on any atom is -0.316 e. The van der Waals surface area contributed by atoms with E-state index in [0.29, 0.717) is 11.8 Å². The first-order valence-corrected chi connectivity index (χ1v) is 6.22. The monoisotopic (exact) mass is 211 g/mol. The highest BCUT2D eigenvalue weighted by atomic mass is 16.1. The maximum Gasteiger partial charge on any atom is 0.131 e. The number of hydrogen-bond donors (Lipinski definition) is 1. The molecule has 1 aliphatic carbocycles. The Morgan fingerprint density at radius 1 is 1.33 bits per heavy atom. The van der Waals surface area contributed by atoms with Gasteiger partial charge in [-0.25, -0.2) is 0 Å². The van der Waals surface area contributed by atoms with Gasteiger partial charge < -0.3 is 5.32 Å². The fraction of sp³-hybridized carbons (Fsp3) is 0.923. The molecule has 15 heavy (non-hydrogen) atoms. The molecule has 2 nitrogen and oxygen atoms in total. The number of ketones is 1. The van der Waals surface area contributed by atoms with Crippen LogP contribution in [0.15, 0.2) is 0 Å². The molecule has 88 valence electrons. The zero-order valence-electron chi connectivity index (χ0n) is 10.4. The van der Waals surface area contributed by atoms with Crippen molar-refractivity contribution < 1.29 is 4.79 Å². The highest BCUT2D eigenvalue weighted by Gasteiger charge is 2.31. The third-order valence-electron chi connectivity index (χ3n) is 3.69. The number of carbonyl (C=O) groups is 1. The van der Waals surface area contributed by atoms with Gasteiger partial charge in [0.2, 0.25) is 0 Å². The van der Waals surface area contributed by atoms with E-state index < -0.39 is 0 Å². The first kappa shape index (κ1) is 12.7. The number of hydrogen-bond acceptors (Lipinski definition) is 2. The fourth-order valence-electron chi connectivity index (χ4n) is 2.53. The summed E-state index contributed by atoms with van der Waals surface area (Å²) in [5.74, 6) is 1.16. The van der Waals surface area contributed by atoms with Crippen molar-refractivity contribution in [3.8, 4) is 0 Å². The predicted octanol–water partition coefficient (Wildman–Crippen LogP) is 2.77. The van der Waals surface area contributed by atoms with Crippen LogP contribution in [0.3, 0.4) is 0 Å². The maximum atomic E-state index is 10.8. The number of nitrogens with one attached hydrogen (secondary N) is 1. The van der Waals surface area contributed by atoms with Gasteiger partial charge in [-0.15, -0.1) is 0 Å². The minimum absolute atomic E-state index is 0.279. The molecule has 0 aromatic rings. The van der Waals surface area contributed by atoms with Crippen molar-refractivity contribution in [2.75, 3.05) is 13.1 Å². The lowest BCUT2D eigenvalue weighted by Crippen LogP contribution is -2.35. The van der Waals surface area contributed by atoms with Crippen LogP contribution in [-0.4, -0.2) is 18.9 Å². The molecular formula is C13H25NO. The molecule has 1 saturated carbocycles. The minimum atomic E-state index is 0.279. The normalized spacial score (nSPS) is 18.3. The standard InChI is InChI=1S/C13H25NO/c1-11(15)8-9-14-10-13(2,3)12-6-4-5-7-12/h12,14H,4-10H2,1-3H3. The van der Waals surface area contributed by atoms with Crippen LogP contribution in [0.4, 0.5) is 0 Å². The van der Waals surface area contributed by atoms with Crippen molar-refractivity contribution in [1.82, 2.24) is 5.32 Å². The van der Waals surface area contributed by atoms with Crippen LogP contribution in [0.2, 0.25) is 0 Å². The van der Waals surface area contributed by atoms with Gasteiger partial charge in [-0.1, -0.05) is 26.7 Å². The second kappa shape index (κ2) is 5.64. The van der Waals surface area contributed by atoms with Gasteiger partial charge in [0.15, 0.2) is 0 Å². The van der Waals surface area contributed by atoms with Crippen molar-refractivity contribution in [3.63, 3.8) is 0 Å². The van der Waals surface area contributed by atoms with E-state index in [9.17, 15) is 4.79 Å². The number of carbonyl (C=O) groups excluding carboxylic acids is 1. The van der Waals surface area contributed by atoms with Gasteiger partial charge in [-0.05, 0) is 31.1 Å². The molecule has 1 aliphatic rings. The molecule has 0 spiro atoms. The first-order chi connectivity index (χ1) is 7.02. The summed E-state index contributed by atoms with van der Waals surface area (Å²) in [6, 6.07) is 0. The molecule has 0 aromatic carbocycles. The molecule has 1 rings (SSSR count). The van der Waals surface area contributed by atoms with Crippen LogP contribution in [0, 0.1) is 11.3 Å². The SMILES string of the molecule is CC(=O)CCNCC(C)(C)C1CCCC1. The van der Waals surface area contributed by atoms with Crippen molar-refractivity contribution in [2.24, 2.45) is 11.3 Å². The molecule has 0 bridgehead atoms. The van der Waals surface area contributed by atoms with Gasteiger partial charge in [0.1, 0.15) is 5.78 Å². The number of rotatable bonds is 6. The second-order valence-electron chi connectivity index (χ2n) is 5.60. The Hall–Kier alpha value is -0.370. The zero-order chi connectivity index (χ0) is 11.3. The van der Waals surface area contributed by atoms with Gasteiger partial charge in [0.05, 0.1) is 0 Å². The lowest BCUT2D eigenvalue weighted by atomic mass is 9.78. The molecule has 0 saturated heterocycles. The Morgan fingerprint density at radius 3 is 2.47 bits per heavy atom. The average molecular weight is 211 g/mol. The van der Waals surface area contributed by atoms with Crippen molar-refractivity contribution in [2.45, 2.75) is 52.9 Å². The van der Waals surface area contributed by atoms with E-state index in [1.165, 1.54) is 25.7 Å². The molecule has 0 heterocycles. The second-order valence-corrected chi connectivity index (χ2v) is 5.60. The molecule has 0 aromatic heterocycles. The van der Waals surface area contributed by atoms with Gasteiger partial charge in [0, 0.05) is 19.5 Å². The Kier molecular flexibility index (Phi) is 4.78. The largest absolute Gasteiger partial charge is 0.316 e. The van der Waals surface area contributed by atoms with E-state index >= 15 is 0 Å². The Bertz CT molecular complexity index is 205. The summed E-state index contributed by atoms with van der Waals surface area (Å²) < 4.78 is 0. The van der Waals surface area contributed by atoms with Crippen molar-refractivity contribution >= 4 is 5.78 Å². The molecular weight excluding hydrogens is 186 g/mol. The maximum absolute atomic E-state index is 10.8. The van der Waals surface area contributed by atoms with Crippen LogP contribution in [0.25, 0.3) is 0 Å². The smallest absolute Gasteiger partial charge is 0.131 e. The molecule has 0 aliphatic heterocycles. The molecule has 0 unspecified atom stereocenters. The van der Waals surface area contributed by atoms with Gasteiger partial charge in [0.25, 0.3) is 0 Å². The van der Waals surface area contributed by atoms with Gasteiger partial charge in [-0.3, -0.25) is 4.79 Å². The zero-order valence-corrected chi connectivity index (χ0v) is 10.4. The van der Waals surface area contributed by atoms with E-state index in [0.717, 1.165) is 19.0 Å². The van der Waals surface area contributed by atoms with Crippen LogP contribution < -0.4 is 5.32 Å². The molecule has 2 heteroatoms. The van der Waals surface area contributed by atoms with E-state index in [4.69, 9.17) is 0 Å². The summed E-state index contributed by atoms with van der Waals surface area (Å²) >= 11 is 0. The van der Waals surface area contributed by atoms with Crippen molar-refractivity contribution in [3.05, 3.63) is 0 Å². The Morgan fingerprint density at radius 2 is 1.93 bits per heavy atom. The lowest BCUT2D eigenvalue weighted by Gasteiger charge is -2.32. The van der Waals surface area contributed by atoms with E-state index in [1.54, 1.807) is 6.92 Å². The van der Waals surface area contributed by atoms with Crippen LogP contribution in [0.1, 0.15) is 52.9 Å². The third kappa shape index (κ3) is 4.33. The summed E-state index contributed by atoms with van der Waals surface area (Å²) in [6.45, 7) is 8.24. The fourth-order valence-corrected chi connectivity index (χ4v) is 2.53. The molecule has 0 atom stereocenters. The first-order valence-electron chi connectivity index (χ1n) is 6.22. The Balaban J connectivity index is 2.20. The summed E-state index contributed by atoms with van der Waals surface area (Å²) in [5.41, 5.74) is 0.396. The molecule has 0 radical (unpaired) electrons. The lowest BCUT2D eigenvalue weighted by molar-refractivity contribution is -0.116. The topological polar surface area (TPSA) is 29.1 Å². The van der Waals surface area contributed by atoms with Gasteiger partial charge >= 0.3 is 0 Å². The molecule has 1 N–H and O–H groups in total. The Labute approximate surface area is 93.8 Å². The predicted molar refractivity (Wildman–Crippen MR) is 63.9 cm³/mol. The molecule has 1 fully saturated rings. The van der Waals surface area contributed by atoms with Crippen LogP contribution in [0.5, 0.6) is 0 Å². The average Bonchev–Trinajstić information content (AvgIpc) is 2.65. The van der Waals surface area contributed by atoms with Crippen LogP contribution in [-0.2, 0) is 4.79 Å². The third-order valence-corrected chi connectivity index (χ3v) is 3.69. The van der Waals surface area contributed by atoms with Gasteiger partial charge in [-0.2, -0.15) is 0 Å². The summed E-state index contributed by atoms with van der Waals surface area (Å²) in [6.07, 6.45) is 6.26.